The molecule has 0 aliphatic heterocycles. The zero-order valence-corrected chi connectivity index (χ0v) is 16.1. The lowest BCUT2D eigenvalue weighted by atomic mass is 10.1. The zero-order chi connectivity index (χ0) is 19.0. The highest BCUT2D eigenvalue weighted by Gasteiger charge is 2.02. The first-order valence-corrected chi connectivity index (χ1v) is 8.38. The molecular formula is C21H32O3. The second-order valence-electron chi connectivity index (χ2n) is 4.50. The van der Waals surface area contributed by atoms with E-state index >= 15 is 0 Å². The van der Waals surface area contributed by atoms with Crippen molar-refractivity contribution in [1.82, 2.24) is 0 Å². The Morgan fingerprint density at radius 2 is 1.46 bits per heavy atom. The number of hydrogen-bond donors (Lipinski definition) is 1. The van der Waals surface area contributed by atoms with Gasteiger partial charge >= 0.3 is 5.97 Å². The van der Waals surface area contributed by atoms with Gasteiger partial charge in [0.1, 0.15) is 0 Å². The summed E-state index contributed by atoms with van der Waals surface area (Å²) in [5.41, 5.74) is 3.87. The van der Waals surface area contributed by atoms with E-state index in [2.05, 4.69) is 4.74 Å². The summed E-state index contributed by atoms with van der Waals surface area (Å²) in [4.78, 5) is 10.9. The van der Waals surface area contributed by atoms with Gasteiger partial charge in [0.2, 0.25) is 0 Å². The molecule has 0 amide bonds. The molecule has 0 atom stereocenters. The number of aryl methyl sites for hydroxylation is 2. The van der Waals surface area contributed by atoms with Gasteiger partial charge in [-0.2, -0.15) is 0 Å². The van der Waals surface area contributed by atoms with Crippen LogP contribution in [0.25, 0.3) is 0 Å². The predicted molar refractivity (Wildman–Crippen MR) is 102 cm³/mol. The molecule has 0 unspecified atom stereocenters. The molecular weight excluding hydrogens is 300 g/mol. The van der Waals surface area contributed by atoms with Crippen LogP contribution in [0.2, 0.25) is 0 Å². The molecule has 2 rings (SSSR count). The minimum atomic E-state index is -0.284. The number of esters is 1. The smallest absolute Gasteiger partial charge is 0.337 e. The molecule has 0 radical (unpaired) electrons. The van der Waals surface area contributed by atoms with Gasteiger partial charge in [-0.15, -0.1) is 0 Å². The van der Waals surface area contributed by atoms with Crippen LogP contribution in [0.4, 0.5) is 0 Å². The fourth-order valence-corrected chi connectivity index (χ4v) is 1.58. The molecule has 0 saturated carbocycles. The van der Waals surface area contributed by atoms with Gasteiger partial charge in [-0.3, -0.25) is 0 Å². The van der Waals surface area contributed by atoms with E-state index in [1.165, 1.54) is 12.7 Å². The third-order valence-electron chi connectivity index (χ3n) is 2.74. The standard InChI is InChI=1S/C9H10O2.C8H10O.2C2H6/c1-7-4-3-5-8(6-7)9(10)11-2;1-7-2-4-8(6-9)5-3-7;2*1-2/h3-6H,1-2H3;2-5,9H,6H2,1H3;2*1-2H3. The number of aliphatic hydroxyl groups is 1. The van der Waals surface area contributed by atoms with Crippen LogP contribution in [0, 0.1) is 13.8 Å². The lowest BCUT2D eigenvalue weighted by Gasteiger charge is -1.98. The Balaban J connectivity index is 0. The summed E-state index contributed by atoms with van der Waals surface area (Å²) in [6, 6.07) is 15.1. The molecule has 24 heavy (non-hydrogen) atoms. The van der Waals surface area contributed by atoms with Crippen molar-refractivity contribution < 1.29 is 14.6 Å². The van der Waals surface area contributed by atoms with Crippen molar-refractivity contribution in [2.45, 2.75) is 48.1 Å². The van der Waals surface area contributed by atoms with Gasteiger partial charge in [0, 0.05) is 0 Å². The summed E-state index contributed by atoms with van der Waals surface area (Å²) in [6.07, 6.45) is 0. The van der Waals surface area contributed by atoms with Crippen LogP contribution in [-0.4, -0.2) is 18.2 Å². The Bertz CT molecular complexity index is 545. The quantitative estimate of drug-likeness (QED) is 0.757. The third-order valence-corrected chi connectivity index (χ3v) is 2.74. The van der Waals surface area contributed by atoms with E-state index in [1.54, 1.807) is 12.1 Å². The minimum Gasteiger partial charge on any atom is -0.465 e. The highest BCUT2D eigenvalue weighted by atomic mass is 16.5. The topological polar surface area (TPSA) is 46.5 Å². The first-order chi connectivity index (χ1) is 11.6. The Labute approximate surface area is 147 Å². The molecule has 0 heterocycles. The van der Waals surface area contributed by atoms with Gasteiger partial charge in [-0.25, -0.2) is 4.79 Å². The molecule has 2 aromatic carbocycles. The van der Waals surface area contributed by atoms with Crippen LogP contribution >= 0.6 is 0 Å². The van der Waals surface area contributed by atoms with Crippen LogP contribution in [0.15, 0.2) is 48.5 Å². The molecule has 0 fully saturated rings. The average Bonchev–Trinajstić information content (AvgIpc) is 2.65. The Kier molecular flexibility index (Phi) is 15.8. The average molecular weight is 332 g/mol. The fourth-order valence-electron chi connectivity index (χ4n) is 1.58. The van der Waals surface area contributed by atoms with Crippen molar-refractivity contribution in [3.8, 4) is 0 Å². The van der Waals surface area contributed by atoms with Gasteiger partial charge in [0.15, 0.2) is 0 Å². The van der Waals surface area contributed by atoms with E-state index in [0.717, 1.165) is 11.1 Å². The summed E-state index contributed by atoms with van der Waals surface area (Å²) in [5, 5.41) is 8.63. The fraction of sp³-hybridized carbons (Fsp3) is 0.381. The van der Waals surface area contributed by atoms with E-state index < -0.39 is 0 Å². The molecule has 1 N–H and O–H groups in total. The van der Waals surface area contributed by atoms with Crippen molar-refractivity contribution in [1.29, 1.82) is 0 Å². The van der Waals surface area contributed by atoms with Gasteiger partial charge in [-0.05, 0) is 31.5 Å². The van der Waals surface area contributed by atoms with Crippen LogP contribution in [0.3, 0.4) is 0 Å². The van der Waals surface area contributed by atoms with Crippen molar-refractivity contribution in [3.63, 3.8) is 0 Å². The molecule has 0 bridgehead atoms. The van der Waals surface area contributed by atoms with Gasteiger partial charge in [0.05, 0.1) is 19.3 Å². The second kappa shape index (κ2) is 15.8. The summed E-state index contributed by atoms with van der Waals surface area (Å²) in [6.45, 7) is 12.1. The summed E-state index contributed by atoms with van der Waals surface area (Å²) in [5.74, 6) is -0.284. The number of hydrogen-bond acceptors (Lipinski definition) is 3. The Morgan fingerprint density at radius 1 is 0.917 bits per heavy atom. The van der Waals surface area contributed by atoms with E-state index in [4.69, 9.17) is 5.11 Å². The third kappa shape index (κ3) is 10.6. The summed E-state index contributed by atoms with van der Waals surface area (Å²) in [7, 11) is 1.38. The van der Waals surface area contributed by atoms with Crippen LogP contribution < -0.4 is 0 Å². The molecule has 134 valence electrons. The normalized spacial score (nSPS) is 8.33. The van der Waals surface area contributed by atoms with E-state index in [-0.39, 0.29) is 12.6 Å². The SMILES string of the molecule is CC.CC.COC(=O)c1cccc(C)c1.Cc1ccc(CO)cc1. The maximum absolute atomic E-state index is 10.9. The number of carbonyl (C=O) groups is 1. The second-order valence-corrected chi connectivity index (χ2v) is 4.50. The number of methoxy groups -OCH3 is 1. The largest absolute Gasteiger partial charge is 0.465 e. The first-order valence-electron chi connectivity index (χ1n) is 8.38. The van der Waals surface area contributed by atoms with Gasteiger partial charge in [0.25, 0.3) is 0 Å². The number of rotatable bonds is 2. The van der Waals surface area contributed by atoms with E-state index in [9.17, 15) is 4.79 Å². The predicted octanol–water partition coefficient (Wildman–Crippen LogP) is 5.32. The lowest BCUT2D eigenvalue weighted by Crippen LogP contribution is -2.00. The van der Waals surface area contributed by atoms with Crippen molar-refractivity contribution in [3.05, 3.63) is 70.8 Å². The maximum Gasteiger partial charge on any atom is 0.337 e. The van der Waals surface area contributed by atoms with Crippen LogP contribution in [0.1, 0.15) is 54.7 Å². The number of aliphatic hydroxyl groups excluding tert-OH is 1. The molecule has 3 nitrogen and oxygen atoms in total. The van der Waals surface area contributed by atoms with Crippen molar-refractivity contribution in [2.24, 2.45) is 0 Å². The zero-order valence-electron chi connectivity index (χ0n) is 16.1. The Hall–Kier alpha value is -2.13. The van der Waals surface area contributed by atoms with Crippen LogP contribution in [-0.2, 0) is 11.3 Å². The number of carbonyl (C=O) groups excluding carboxylic acids is 1. The lowest BCUT2D eigenvalue weighted by molar-refractivity contribution is 0.0600. The molecule has 0 aliphatic carbocycles. The number of ether oxygens (including phenoxy) is 1. The number of benzene rings is 2. The maximum atomic E-state index is 10.9. The van der Waals surface area contributed by atoms with Gasteiger partial charge < -0.3 is 9.84 Å². The van der Waals surface area contributed by atoms with E-state index in [1.807, 2.05) is 77.9 Å². The Morgan fingerprint density at radius 3 is 1.88 bits per heavy atom. The van der Waals surface area contributed by atoms with E-state index in [0.29, 0.717) is 5.56 Å². The summed E-state index contributed by atoms with van der Waals surface area (Å²) >= 11 is 0. The molecule has 0 aromatic heterocycles. The molecule has 3 heteroatoms. The minimum absolute atomic E-state index is 0.139. The van der Waals surface area contributed by atoms with Crippen LogP contribution in [0.5, 0.6) is 0 Å². The van der Waals surface area contributed by atoms with Crippen molar-refractivity contribution in [2.75, 3.05) is 7.11 Å². The van der Waals surface area contributed by atoms with Gasteiger partial charge in [-0.1, -0.05) is 75.2 Å². The molecule has 0 aliphatic rings. The highest BCUT2D eigenvalue weighted by Crippen LogP contribution is 2.04. The first kappa shape index (κ1) is 24.1. The monoisotopic (exact) mass is 332 g/mol. The summed E-state index contributed by atoms with van der Waals surface area (Å²) < 4.78 is 4.55. The molecule has 0 spiro atoms. The molecule has 0 saturated heterocycles. The van der Waals surface area contributed by atoms with Crippen molar-refractivity contribution >= 4 is 5.97 Å². The highest BCUT2D eigenvalue weighted by molar-refractivity contribution is 5.89. The molecule has 2 aromatic rings.